The summed E-state index contributed by atoms with van der Waals surface area (Å²) in [6.45, 7) is 0.582. The van der Waals surface area contributed by atoms with Crippen LogP contribution in [0.25, 0.3) is 0 Å². The number of pyridine rings is 1. The van der Waals surface area contributed by atoms with Crippen LogP contribution in [0.15, 0.2) is 67.0 Å². The Morgan fingerprint density at radius 2 is 1.80 bits per heavy atom. The third kappa shape index (κ3) is 5.27. The van der Waals surface area contributed by atoms with Crippen LogP contribution in [0.2, 0.25) is 0 Å². The molecule has 8 nitrogen and oxygen atoms in total. The maximum Gasteiger partial charge on any atom is 0.257 e. The van der Waals surface area contributed by atoms with E-state index in [1.807, 2.05) is 29.2 Å². The number of fused-ring (bicyclic) bond motifs is 1. The SMILES string of the molecule is NC1CCC(N(Cc2cccc(NC(=O)c3cccnc3)c2)C(=O)c2ccc3c(c2)OCO3)CC1. The van der Waals surface area contributed by atoms with E-state index >= 15 is 0 Å². The molecule has 1 aliphatic heterocycles. The van der Waals surface area contributed by atoms with E-state index in [0.717, 1.165) is 31.2 Å². The maximum atomic E-state index is 13.7. The third-order valence-corrected chi connectivity index (χ3v) is 6.52. The summed E-state index contributed by atoms with van der Waals surface area (Å²) < 4.78 is 10.9. The fourth-order valence-corrected chi connectivity index (χ4v) is 4.62. The van der Waals surface area contributed by atoms with E-state index in [-0.39, 0.29) is 30.7 Å². The second kappa shape index (κ2) is 10.1. The van der Waals surface area contributed by atoms with E-state index in [9.17, 15) is 9.59 Å². The molecule has 0 unspecified atom stereocenters. The molecule has 0 bridgehead atoms. The highest BCUT2D eigenvalue weighted by molar-refractivity contribution is 6.04. The van der Waals surface area contributed by atoms with Crippen molar-refractivity contribution in [1.29, 1.82) is 0 Å². The molecule has 3 N–H and O–H groups in total. The zero-order valence-corrected chi connectivity index (χ0v) is 19.4. The Hall–Kier alpha value is -3.91. The normalized spacial score (nSPS) is 18.7. The van der Waals surface area contributed by atoms with Gasteiger partial charge in [0, 0.05) is 42.3 Å². The molecule has 5 rings (SSSR count). The highest BCUT2D eigenvalue weighted by Gasteiger charge is 2.29. The van der Waals surface area contributed by atoms with Crippen LogP contribution in [0, 0.1) is 0 Å². The number of benzene rings is 2. The summed E-state index contributed by atoms with van der Waals surface area (Å²) in [4.78, 5) is 32.2. The Kier molecular flexibility index (Phi) is 6.63. The number of rotatable bonds is 6. The van der Waals surface area contributed by atoms with Gasteiger partial charge < -0.3 is 25.4 Å². The minimum atomic E-state index is -0.232. The minimum absolute atomic E-state index is 0.0615. The van der Waals surface area contributed by atoms with Gasteiger partial charge in [-0.2, -0.15) is 0 Å². The average molecular weight is 473 g/mol. The molecule has 1 fully saturated rings. The van der Waals surface area contributed by atoms with E-state index in [2.05, 4.69) is 10.3 Å². The largest absolute Gasteiger partial charge is 0.454 e. The topological polar surface area (TPSA) is 107 Å². The molecule has 1 aliphatic carbocycles. The summed E-state index contributed by atoms with van der Waals surface area (Å²) in [5.41, 5.74) is 8.77. The molecule has 1 saturated carbocycles. The summed E-state index contributed by atoms with van der Waals surface area (Å²) in [5.74, 6) is 0.939. The number of nitrogens with two attached hydrogens (primary N) is 1. The Bertz CT molecular complexity index is 1210. The molecule has 1 aromatic heterocycles. The van der Waals surface area contributed by atoms with Crippen LogP contribution in [-0.2, 0) is 6.54 Å². The molecule has 2 aliphatic rings. The molecule has 0 spiro atoms. The summed E-state index contributed by atoms with van der Waals surface area (Å²) in [7, 11) is 0. The average Bonchev–Trinajstić information content (AvgIpc) is 3.36. The van der Waals surface area contributed by atoms with Gasteiger partial charge in [0.15, 0.2) is 11.5 Å². The monoisotopic (exact) mass is 472 g/mol. The number of carbonyl (C=O) groups excluding carboxylic acids is 2. The van der Waals surface area contributed by atoms with Crippen LogP contribution in [-0.4, -0.2) is 40.6 Å². The molecular weight excluding hydrogens is 444 g/mol. The molecule has 2 amide bonds. The van der Waals surface area contributed by atoms with Crippen LogP contribution in [0.1, 0.15) is 52.0 Å². The number of nitrogens with one attached hydrogen (secondary N) is 1. The molecule has 2 aromatic carbocycles. The summed E-state index contributed by atoms with van der Waals surface area (Å²) in [6, 6.07) is 16.6. The van der Waals surface area contributed by atoms with Gasteiger partial charge in [0.25, 0.3) is 11.8 Å². The molecule has 0 saturated heterocycles. The van der Waals surface area contributed by atoms with E-state index in [4.69, 9.17) is 15.2 Å². The van der Waals surface area contributed by atoms with E-state index < -0.39 is 0 Å². The Labute approximate surface area is 204 Å². The zero-order valence-electron chi connectivity index (χ0n) is 19.4. The Morgan fingerprint density at radius 3 is 2.60 bits per heavy atom. The number of amides is 2. The lowest BCUT2D eigenvalue weighted by Gasteiger charge is -2.36. The summed E-state index contributed by atoms with van der Waals surface area (Å²) in [5, 5.41) is 2.92. The fourth-order valence-electron chi connectivity index (χ4n) is 4.62. The van der Waals surface area contributed by atoms with E-state index in [1.54, 1.807) is 36.5 Å². The van der Waals surface area contributed by atoms with Crippen molar-refractivity contribution < 1.29 is 19.1 Å². The first kappa shape index (κ1) is 22.9. The number of ether oxygens (including phenoxy) is 2. The predicted molar refractivity (Wildman–Crippen MR) is 131 cm³/mol. The number of anilines is 1. The molecule has 35 heavy (non-hydrogen) atoms. The number of carbonyl (C=O) groups is 2. The van der Waals surface area contributed by atoms with Gasteiger partial charge in [-0.3, -0.25) is 14.6 Å². The second-order valence-corrected chi connectivity index (χ2v) is 8.97. The first-order valence-electron chi connectivity index (χ1n) is 11.8. The van der Waals surface area contributed by atoms with Gasteiger partial charge in [0.1, 0.15) is 0 Å². The zero-order chi connectivity index (χ0) is 24.2. The molecule has 3 aromatic rings. The van der Waals surface area contributed by atoms with Crippen molar-refractivity contribution in [2.45, 2.75) is 44.3 Å². The van der Waals surface area contributed by atoms with Crippen molar-refractivity contribution in [3.05, 3.63) is 83.7 Å². The van der Waals surface area contributed by atoms with E-state index in [0.29, 0.717) is 34.9 Å². The number of nitrogens with zero attached hydrogens (tertiary/aromatic N) is 2. The molecule has 0 atom stereocenters. The first-order chi connectivity index (χ1) is 17.1. The third-order valence-electron chi connectivity index (χ3n) is 6.52. The lowest BCUT2D eigenvalue weighted by atomic mass is 9.90. The van der Waals surface area contributed by atoms with Crippen molar-refractivity contribution in [3.8, 4) is 11.5 Å². The Morgan fingerprint density at radius 1 is 0.971 bits per heavy atom. The fraction of sp³-hybridized carbons (Fsp3) is 0.296. The van der Waals surface area contributed by atoms with Crippen molar-refractivity contribution in [2.75, 3.05) is 12.1 Å². The van der Waals surface area contributed by atoms with Crippen LogP contribution >= 0.6 is 0 Å². The van der Waals surface area contributed by atoms with Gasteiger partial charge in [-0.05, 0) is 73.7 Å². The van der Waals surface area contributed by atoms with Gasteiger partial charge in [-0.1, -0.05) is 12.1 Å². The van der Waals surface area contributed by atoms with Crippen molar-refractivity contribution >= 4 is 17.5 Å². The molecule has 2 heterocycles. The molecule has 8 heteroatoms. The van der Waals surface area contributed by atoms with E-state index in [1.165, 1.54) is 6.20 Å². The smallest absolute Gasteiger partial charge is 0.257 e. The highest BCUT2D eigenvalue weighted by atomic mass is 16.7. The Balaban J connectivity index is 1.37. The van der Waals surface area contributed by atoms with Crippen LogP contribution in [0.4, 0.5) is 5.69 Å². The first-order valence-corrected chi connectivity index (χ1v) is 11.8. The van der Waals surface area contributed by atoms with Crippen molar-refractivity contribution in [2.24, 2.45) is 5.73 Å². The summed E-state index contributed by atoms with van der Waals surface area (Å²) in [6.07, 6.45) is 6.64. The number of aromatic nitrogens is 1. The second-order valence-electron chi connectivity index (χ2n) is 8.97. The van der Waals surface area contributed by atoms with Crippen molar-refractivity contribution in [1.82, 2.24) is 9.88 Å². The maximum absolute atomic E-state index is 13.7. The van der Waals surface area contributed by atoms with Crippen LogP contribution in [0.5, 0.6) is 11.5 Å². The molecule has 0 radical (unpaired) electrons. The minimum Gasteiger partial charge on any atom is -0.454 e. The quantitative estimate of drug-likeness (QED) is 0.562. The number of hydrogen-bond acceptors (Lipinski definition) is 6. The summed E-state index contributed by atoms with van der Waals surface area (Å²) >= 11 is 0. The lowest BCUT2D eigenvalue weighted by molar-refractivity contribution is 0.0606. The predicted octanol–water partition coefficient (Wildman–Crippen LogP) is 3.97. The van der Waals surface area contributed by atoms with Crippen molar-refractivity contribution in [3.63, 3.8) is 0 Å². The highest BCUT2D eigenvalue weighted by Crippen LogP contribution is 2.34. The van der Waals surface area contributed by atoms with Gasteiger partial charge >= 0.3 is 0 Å². The standard InChI is InChI=1S/C27H28N4O4/c28-21-7-9-23(10-8-21)31(27(33)19-6-11-24-25(14-19)35-17-34-24)16-18-3-1-5-22(13-18)30-26(32)20-4-2-12-29-15-20/h1-6,11-15,21,23H,7-10,16-17,28H2,(H,30,32). The van der Waals surface area contributed by atoms with Crippen LogP contribution < -0.4 is 20.5 Å². The van der Waals surface area contributed by atoms with Gasteiger partial charge in [0.2, 0.25) is 6.79 Å². The van der Waals surface area contributed by atoms with Gasteiger partial charge in [-0.25, -0.2) is 0 Å². The molecule has 180 valence electrons. The van der Waals surface area contributed by atoms with Gasteiger partial charge in [-0.15, -0.1) is 0 Å². The van der Waals surface area contributed by atoms with Crippen LogP contribution in [0.3, 0.4) is 0 Å². The number of hydrogen-bond donors (Lipinski definition) is 2. The lowest BCUT2D eigenvalue weighted by Crippen LogP contribution is -2.43. The molecular formula is C27H28N4O4. The van der Waals surface area contributed by atoms with Gasteiger partial charge in [0.05, 0.1) is 5.56 Å².